The van der Waals surface area contributed by atoms with Crippen LogP contribution in [0.1, 0.15) is 36.0 Å². The molecule has 1 aliphatic rings. The van der Waals surface area contributed by atoms with Crippen LogP contribution in [0.5, 0.6) is 0 Å². The standard InChI is InChI=1S/C13H16N2O2/c1-9-6-12(14-17-9)8-15-5-4-11(7-15)13(16)10-2-3-10/h4-7,10,13,16H,2-3,8H2,1H3. The molecule has 1 aliphatic carbocycles. The highest BCUT2D eigenvalue weighted by molar-refractivity contribution is 5.17. The number of hydrogen-bond acceptors (Lipinski definition) is 3. The van der Waals surface area contributed by atoms with E-state index in [2.05, 4.69) is 5.16 Å². The van der Waals surface area contributed by atoms with Crippen LogP contribution in [0.4, 0.5) is 0 Å². The van der Waals surface area contributed by atoms with Gasteiger partial charge in [-0.2, -0.15) is 0 Å². The molecular weight excluding hydrogens is 216 g/mol. The fraction of sp³-hybridized carbons (Fsp3) is 0.462. The SMILES string of the molecule is Cc1cc(Cn2ccc(C(O)C3CC3)c2)no1. The first-order valence-corrected chi connectivity index (χ1v) is 5.98. The van der Waals surface area contributed by atoms with Gasteiger partial charge in [-0.3, -0.25) is 0 Å². The molecule has 1 saturated carbocycles. The summed E-state index contributed by atoms with van der Waals surface area (Å²) in [7, 11) is 0. The molecule has 0 amide bonds. The van der Waals surface area contributed by atoms with E-state index in [1.165, 1.54) is 0 Å². The molecule has 0 bridgehead atoms. The normalized spacial score (nSPS) is 17.3. The number of aromatic nitrogens is 2. The third kappa shape index (κ3) is 2.26. The number of rotatable bonds is 4. The van der Waals surface area contributed by atoms with Crippen molar-refractivity contribution in [1.29, 1.82) is 0 Å². The Balaban J connectivity index is 1.71. The highest BCUT2D eigenvalue weighted by Gasteiger charge is 2.31. The van der Waals surface area contributed by atoms with Crippen molar-refractivity contribution in [3.8, 4) is 0 Å². The zero-order valence-corrected chi connectivity index (χ0v) is 9.84. The average Bonchev–Trinajstić information content (AvgIpc) is 2.93. The molecule has 4 heteroatoms. The molecular formula is C13H16N2O2. The molecule has 3 rings (SSSR count). The van der Waals surface area contributed by atoms with Crippen molar-refractivity contribution in [2.45, 2.75) is 32.4 Å². The molecule has 1 fully saturated rings. The molecule has 2 aromatic rings. The van der Waals surface area contributed by atoms with Gasteiger partial charge in [0.15, 0.2) is 0 Å². The van der Waals surface area contributed by atoms with Gasteiger partial charge in [0.1, 0.15) is 11.5 Å². The van der Waals surface area contributed by atoms with Crippen molar-refractivity contribution < 1.29 is 9.63 Å². The van der Waals surface area contributed by atoms with E-state index in [0.717, 1.165) is 29.9 Å². The number of nitrogens with zero attached hydrogens (tertiary/aromatic N) is 2. The van der Waals surface area contributed by atoms with Crippen LogP contribution >= 0.6 is 0 Å². The van der Waals surface area contributed by atoms with Gasteiger partial charge in [-0.05, 0) is 37.3 Å². The highest BCUT2D eigenvalue weighted by atomic mass is 16.5. The lowest BCUT2D eigenvalue weighted by Gasteiger charge is -2.05. The molecule has 1 unspecified atom stereocenters. The fourth-order valence-corrected chi connectivity index (χ4v) is 2.10. The summed E-state index contributed by atoms with van der Waals surface area (Å²) >= 11 is 0. The van der Waals surface area contributed by atoms with E-state index in [9.17, 15) is 5.11 Å². The minimum Gasteiger partial charge on any atom is -0.388 e. The van der Waals surface area contributed by atoms with E-state index in [0.29, 0.717) is 12.5 Å². The van der Waals surface area contributed by atoms with E-state index in [1.807, 2.05) is 36.0 Å². The Morgan fingerprint density at radius 2 is 2.41 bits per heavy atom. The van der Waals surface area contributed by atoms with E-state index in [4.69, 9.17) is 4.52 Å². The summed E-state index contributed by atoms with van der Waals surface area (Å²) in [6.45, 7) is 2.57. The molecule has 2 aromatic heterocycles. The Kier molecular flexibility index (Phi) is 2.52. The van der Waals surface area contributed by atoms with Crippen molar-refractivity contribution in [3.05, 3.63) is 41.5 Å². The second-order valence-corrected chi connectivity index (χ2v) is 4.83. The van der Waals surface area contributed by atoms with Gasteiger partial charge < -0.3 is 14.2 Å². The Hall–Kier alpha value is -1.55. The zero-order valence-electron chi connectivity index (χ0n) is 9.84. The summed E-state index contributed by atoms with van der Waals surface area (Å²) < 4.78 is 7.05. The van der Waals surface area contributed by atoms with Gasteiger partial charge in [-0.25, -0.2) is 0 Å². The largest absolute Gasteiger partial charge is 0.388 e. The highest BCUT2D eigenvalue weighted by Crippen LogP contribution is 2.40. The minimum absolute atomic E-state index is 0.296. The van der Waals surface area contributed by atoms with E-state index in [-0.39, 0.29) is 6.10 Å². The van der Waals surface area contributed by atoms with Gasteiger partial charge in [0, 0.05) is 18.5 Å². The van der Waals surface area contributed by atoms with Gasteiger partial charge in [0.05, 0.1) is 12.6 Å². The third-order valence-corrected chi connectivity index (χ3v) is 3.20. The molecule has 17 heavy (non-hydrogen) atoms. The van der Waals surface area contributed by atoms with Crippen LogP contribution < -0.4 is 0 Å². The zero-order chi connectivity index (χ0) is 11.8. The number of hydrogen-bond donors (Lipinski definition) is 1. The fourth-order valence-electron chi connectivity index (χ4n) is 2.10. The van der Waals surface area contributed by atoms with Gasteiger partial charge >= 0.3 is 0 Å². The van der Waals surface area contributed by atoms with Gasteiger partial charge in [-0.15, -0.1) is 0 Å². The predicted octanol–water partition coefficient (Wildman–Crippen LogP) is 2.28. The maximum absolute atomic E-state index is 10.00. The van der Waals surface area contributed by atoms with Crippen molar-refractivity contribution >= 4 is 0 Å². The van der Waals surface area contributed by atoms with Crippen LogP contribution in [0.25, 0.3) is 0 Å². The van der Waals surface area contributed by atoms with Crippen molar-refractivity contribution in [3.63, 3.8) is 0 Å². The Morgan fingerprint density at radius 1 is 1.59 bits per heavy atom. The van der Waals surface area contributed by atoms with E-state index >= 15 is 0 Å². The Bertz CT molecular complexity index is 511. The van der Waals surface area contributed by atoms with Crippen LogP contribution in [0.3, 0.4) is 0 Å². The third-order valence-electron chi connectivity index (χ3n) is 3.20. The van der Waals surface area contributed by atoms with Gasteiger partial charge in [-0.1, -0.05) is 5.16 Å². The molecule has 4 nitrogen and oxygen atoms in total. The summed E-state index contributed by atoms with van der Waals surface area (Å²) in [6.07, 6.45) is 5.97. The van der Waals surface area contributed by atoms with Crippen LogP contribution in [-0.4, -0.2) is 14.8 Å². The Labute approximate surface area is 99.9 Å². The lowest BCUT2D eigenvalue weighted by molar-refractivity contribution is 0.154. The molecule has 90 valence electrons. The van der Waals surface area contributed by atoms with Crippen LogP contribution in [0, 0.1) is 12.8 Å². The van der Waals surface area contributed by atoms with Crippen LogP contribution in [0.15, 0.2) is 29.0 Å². The van der Waals surface area contributed by atoms with Crippen LogP contribution in [0.2, 0.25) is 0 Å². The average molecular weight is 232 g/mol. The van der Waals surface area contributed by atoms with E-state index in [1.54, 1.807) is 0 Å². The smallest absolute Gasteiger partial charge is 0.133 e. The maximum atomic E-state index is 10.00. The van der Waals surface area contributed by atoms with Crippen molar-refractivity contribution in [2.24, 2.45) is 5.92 Å². The molecule has 0 spiro atoms. The second kappa shape index (κ2) is 4.04. The lowest BCUT2D eigenvalue weighted by Crippen LogP contribution is -1.99. The van der Waals surface area contributed by atoms with Gasteiger partial charge in [0.25, 0.3) is 0 Å². The monoisotopic (exact) mass is 232 g/mol. The van der Waals surface area contributed by atoms with Crippen molar-refractivity contribution in [2.75, 3.05) is 0 Å². The molecule has 0 aromatic carbocycles. The summed E-state index contributed by atoms with van der Waals surface area (Å²) in [4.78, 5) is 0. The first kappa shape index (κ1) is 10.6. The summed E-state index contributed by atoms with van der Waals surface area (Å²) in [5, 5.41) is 14.0. The molecule has 1 N–H and O–H groups in total. The summed E-state index contributed by atoms with van der Waals surface area (Å²) in [6, 6.07) is 3.91. The molecule has 2 heterocycles. The predicted molar refractivity (Wildman–Crippen MR) is 62.5 cm³/mol. The van der Waals surface area contributed by atoms with Gasteiger partial charge in [0.2, 0.25) is 0 Å². The molecule has 0 saturated heterocycles. The topological polar surface area (TPSA) is 51.2 Å². The second-order valence-electron chi connectivity index (χ2n) is 4.83. The Morgan fingerprint density at radius 3 is 3.06 bits per heavy atom. The van der Waals surface area contributed by atoms with E-state index < -0.39 is 0 Å². The lowest BCUT2D eigenvalue weighted by atomic mass is 10.1. The van der Waals surface area contributed by atoms with Crippen molar-refractivity contribution in [1.82, 2.24) is 9.72 Å². The summed E-state index contributed by atoms with van der Waals surface area (Å²) in [5.74, 6) is 1.30. The number of aliphatic hydroxyl groups excluding tert-OH is 1. The first-order valence-electron chi connectivity index (χ1n) is 5.98. The quantitative estimate of drug-likeness (QED) is 0.879. The maximum Gasteiger partial charge on any atom is 0.133 e. The molecule has 0 radical (unpaired) electrons. The van der Waals surface area contributed by atoms with Crippen LogP contribution in [-0.2, 0) is 6.54 Å². The summed E-state index contributed by atoms with van der Waals surface area (Å²) in [5.41, 5.74) is 1.92. The molecule has 0 aliphatic heterocycles. The number of aryl methyl sites for hydroxylation is 1. The minimum atomic E-state index is -0.296. The number of aliphatic hydroxyl groups is 1. The molecule has 1 atom stereocenters. The first-order chi connectivity index (χ1) is 8.22.